The van der Waals surface area contributed by atoms with Gasteiger partial charge >= 0.3 is 0 Å². The Kier molecular flexibility index (Phi) is 2.85. The van der Waals surface area contributed by atoms with Crippen molar-refractivity contribution in [2.75, 3.05) is 0 Å². The van der Waals surface area contributed by atoms with Crippen molar-refractivity contribution in [3.05, 3.63) is 12.4 Å². The number of likely N-dealkylation sites (tertiary alicyclic amines) is 1. The second-order valence-corrected chi connectivity index (χ2v) is 8.85. The SMILES string of the molecule is CC(C)(C)C1C[C@@]2(Cn3ccnn3)C[C@H]2N1C(C)(C)C. The van der Waals surface area contributed by atoms with E-state index in [2.05, 4.69) is 56.8 Å². The first-order valence-corrected chi connectivity index (χ1v) is 7.76. The van der Waals surface area contributed by atoms with E-state index < -0.39 is 0 Å². The minimum Gasteiger partial charge on any atom is -0.291 e. The second-order valence-electron chi connectivity index (χ2n) is 8.85. The van der Waals surface area contributed by atoms with E-state index in [1.807, 2.05) is 10.9 Å². The van der Waals surface area contributed by atoms with Crippen molar-refractivity contribution < 1.29 is 0 Å². The van der Waals surface area contributed by atoms with Gasteiger partial charge in [-0.3, -0.25) is 9.58 Å². The molecule has 2 heterocycles. The highest BCUT2D eigenvalue weighted by Gasteiger charge is 2.67. The fraction of sp³-hybridized carbons (Fsp3) is 0.875. The Bertz CT molecular complexity index is 480. The summed E-state index contributed by atoms with van der Waals surface area (Å²) >= 11 is 0. The molecule has 0 radical (unpaired) electrons. The number of hydrogen-bond acceptors (Lipinski definition) is 3. The van der Waals surface area contributed by atoms with Crippen molar-refractivity contribution in [1.29, 1.82) is 0 Å². The number of fused-ring (bicyclic) bond motifs is 1. The van der Waals surface area contributed by atoms with Crippen LogP contribution in [-0.2, 0) is 6.54 Å². The molecule has 4 heteroatoms. The Morgan fingerprint density at radius 2 is 1.85 bits per heavy atom. The van der Waals surface area contributed by atoms with Crippen LogP contribution in [0.2, 0.25) is 0 Å². The van der Waals surface area contributed by atoms with E-state index in [1.54, 1.807) is 6.20 Å². The zero-order valence-corrected chi connectivity index (χ0v) is 13.7. The van der Waals surface area contributed by atoms with Gasteiger partial charge < -0.3 is 0 Å². The summed E-state index contributed by atoms with van der Waals surface area (Å²) in [5.41, 5.74) is 0.998. The molecule has 20 heavy (non-hydrogen) atoms. The molecule has 4 nitrogen and oxygen atoms in total. The lowest BCUT2D eigenvalue weighted by Crippen LogP contribution is -2.51. The van der Waals surface area contributed by atoms with Crippen molar-refractivity contribution >= 4 is 0 Å². The lowest BCUT2D eigenvalue weighted by molar-refractivity contribution is 0.0362. The lowest BCUT2D eigenvalue weighted by Gasteiger charge is -2.45. The first-order valence-electron chi connectivity index (χ1n) is 7.76. The van der Waals surface area contributed by atoms with Crippen LogP contribution >= 0.6 is 0 Å². The summed E-state index contributed by atoms with van der Waals surface area (Å²) in [4.78, 5) is 2.78. The van der Waals surface area contributed by atoms with Gasteiger partial charge in [-0.05, 0) is 39.0 Å². The van der Waals surface area contributed by atoms with Crippen molar-refractivity contribution in [2.45, 2.75) is 78.6 Å². The molecule has 0 N–H and O–H groups in total. The monoisotopic (exact) mass is 276 g/mol. The Balaban J connectivity index is 1.86. The van der Waals surface area contributed by atoms with Gasteiger partial charge in [0.25, 0.3) is 0 Å². The molecular weight excluding hydrogens is 248 g/mol. The normalized spacial score (nSPS) is 34.3. The van der Waals surface area contributed by atoms with Gasteiger partial charge in [-0.1, -0.05) is 26.0 Å². The molecule has 1 aliphatic heterocycles. The molecule has 1 unspecified atom stereocenters. The third-order valence-corrected chi connectivity index (χ3v) is 5.14. The molecule has 112 valence electrons. The van der Waals surface area contributed by atoms with Crippen LogP contribution in [0.5, 0.6) is 0 Å². The van der Waals surface area contributed by atoms with Gasteiger partial charge in [-0.15, -0.1) is 5.10 Å². The van der Waals surface area contributed by atoms with E-state index in [4.69, 9.17) is 0 Å². The van der Waals surface area contributed by atoms with Gasteiger partial charge in [-0.2, -0.15) is 0 Å². The molecule has 1 aliphatic carbocycles. The molecule has 1 aromatic rings. The summed E-state index contributed by atoms with van der Waals surface area (Å²) in [6.45, 7) is 15.2. The first kappa shape index (κ1) is 14.1. The molecular formula is C16H28N4. The summed E-state index contributed by atoms with van der Waals surface area (Å²) in [7, 11) is 0. The largest absolute Gasteiger partial charge is 0.291 e. The number of hydrogen-bond donors (Lipinski definition) is 0. The molecule has 3 atom stereocenters. The van der Waals surface area contributed by atoms with Crippen LogP contribution in [0.25, 0.3) is 0 Å². The highest BCUT2D eigenvalue weighted by molar-refractivity contribution is 5.20. The number of rotatable bonds is 2. The van der Waals surface area contributed by atoms with Crippen molar-refractivity contribution in [3.63, 3.8) is 0 Å². The highest BCUT2D eigenvalue weighted by Crippen LogP contribution is 2.64. The predicted octanol–water partition coefficient (Wildman–Crippen LogP) is 2.96. The quantitative estimate of drug-likeness (QED) is 0.833. The Labute approximate surface area is 122 Å². The molecule has 0 amide bonds. The van der Waals surface area contributed by atoms with Crippen LogP contribution < -0.4 is 0 Å². The number of aromatic nitrogens is 3. The molecule has 0 bridgehead atoms. The van der Waals surface area contributed by atoms with Gasteiger partial charge in [-0.25, -0.2) is 0 Å². The fourth-order valence-electron chi connectivity index (χ4n) is 4.17. The third kappa shape index (κ3) is 2.18. The molecule has 3 rings (SSSR count). The maximum Gasteiger partial charge on any atom is 0.0692 e. The molecule has 0 aromatic carbocycles. The number of nitrogens with zero attached hydrogens (tertiary/aromatic N) is 4. The summed E-state index contributed by atoms with van der Waals surface area (Å²) in [5.74, 6) is 0. The topological polar surface area (TPSA) is 34.0 Å². The van der Waals surface area contributed by atoms with Crippen LogP contribution in [0, 0.1) is 10.8 Å². The van der Waals surface area contributed by atoms with Crippen LogP contribution in [0.1, 0.15) is 54.4 Å². The van der Waals surface area contributed by atoms with Gasteiger partial charge in [0.15, 0.2) is 0 Å². The van der Waals surface area contributed by atoms with E-state index in [0.29, 0.717) is 16.9 Å². The van der Waals surface area contributed by atoms with Crippen molar-refractivity contribution in [3.8, 4) is 0 Å². The van der Waals surface area contributed by atoms with Gasteiger partial charge in [0, 0.05) is 35.8 Å². The van der Waals surface area contributed by atoms with E-state index in [-0.39, 0.29) is 5.54 Å². The van der Waals surface area contributed by atoms with Crippen LogP contribution in [0.4, 0.5) is 0 Å². The fourth-order valence-corrected chi connectivity index (χ4v) is 4.17. The number of piperidine rings is 1. The lowest BCUT2D eigenvalue weighted by atomic mass is 9.80. The molecule has 1 saturated carbocycles. The maximum absolute atomic E-state index is 4.17. The molecule has 1 saturated heterocycles. The average Bonchev–Trinajstić information content (AvgIpc) is 2.70. The van der Waals surface area contributed by atoms with Crippen LogP contribution in [0.15, 0.2) is 12.4 Å². The average molecular weight is 276 g/mol. The maximum atomic E-state index is 4.17. The summed E-state index contributed by atoms with van der Waals surface area (Å²) < 4.78 is 2.02. The zero-order chi connectivity index (χ0) is 14.8. The van der Waals surface area contributed by atoms with E-state index in [1.165, 1.54) is 12.8 Å². The van der Waals surface area contributed by atoms with Gasteiger partial charge in [0.1, 0.15) is 0 Å². The van der Waals surface area contributed by atoms with Crippen molar-refractivity contribution in [1.82, 2.24) is 19.9 Å². The Morgan fingerprint density at radius 3 is 2.30 bits per heavy atom. The minimum atomic E-state index is 0.239. The van der Waals surface area contributed by atoms with Gasteiger partial charge in [0.05, 0.1) is 6.20 Å². The Morgan fingerprint density at radius 1 is 1.15 bits per heavy atom. The summed E-state index contributed by atoms with van der Waals surface area (Å²) in [6.07, 6.45) is 6.39. The molecule has 1 aromatic heterocycles. The molecule has 0 spiro atoms. The molecule has 2 fully saturated rings. The summed E-state index contributed by atoms with van der Waals surface area (Å²) in [5, 5.41) is 8.12. The van der Waals surface area contributed by atoms with E-state index >= 15 is 0 Å². The van der Waals surface area contributed by atoms with E-state index in [9.17, 15) is 0 Å². The minimum absolute atomic E-state index is 0.239. The highest BCUT2D eigenvalue weighted by atomic mass is 15.4. The molecule has 2 aliphatic rings. The van der Waals surface area contributed by atoms with Crippen molar-refractivity contribution in [2.24, 2.45) is 10.8 Å². The standard InChI is InChI=1S/C16H28N4/c1-14(2,3)12-9-16(11-19-8-7-17-18-19)10-13(16)20(12)15(4,5)6/h7-8,12-13H,9-11H2,1-6H3/t12?,13-,16+/m1/s1. The van der Waals surface area contributed by atoms with Crippen LogP contribution in [0.3, 0.4) is 0 Å². The third-order valence-electron chi connectivity index (χ3n) is 5.14. The summed E-state index contributed by atoms with van der Waals surface area (Å²) in [6, 6.07) is 1.38. The first-order chi connectivity index (χ1) is 9.13. The van der Waals surface area contributed by atoms with Crippen LogP contribution in [-0.4, -0.2) is 37.5 Å². The van der Waals surface area contributed by atoms with Gasteiger partial charge in [0.2, 0.25) is 0 Å². The predicted molar refractivity (Wildman–Crippen MR) is 80.3 cm³/mol. The zero-order valence-electron chi connectivity index (χ0n) is 13.7. The van der Waals surface area contributed by atoms with E-state index in [0.717, 1.165) is 12.6 Å². The smallest absolute Gasteiger partial charge is 0.0692 e. The second kappa shape index (κ2) is 4.06. The Hall–Kier alpha value is -0.900.